The highest BCUT2D eigenvalue weighted by atomic mass is 79.9. The lowest BCUT2D eigenvalue weighted by Crippen LogP contribution is -2.42. The second-order valence-corrected chi connectivity index (χ2v) is 6.17. The van der Waals surface area contributed by atoms with Gasteiger partial charge in [-0.3, -0.25) is 9.59 Å². The Hall–Kier alpha value is -1.54. The molecule has 1 rings (SSSR count). The molecule has 1 atom stereocenters. The fourth-order valence-corrected chi connectivity index (χ4v) is 2.43. The van der Waals surface area contributed by atoms with Crippen LogP contribution >= 0.6 is 27.7 Å². The lowest BCUT2D eigenvalue weighted by atomic mass is 10.1. The van der Waals surface area contributed by atoms with Crippen molar-refractivity contribution in [3.05, 3.63) is 28.7 Å². The van der Waals surface area contributed by atoms with E-state index in [0.717, 1.165) is 9.37 Å². The fourth-order valence-electron chi connectivity index (χ4n) is 1.46. The zero-order valence-electron chi connectivity index (χ0n) is 11.0. The Balaban J connectivity index is 2.44. The summed E-state index contributed by atoms with van der Waals surface area (Å²) >= 11 is 4.61. The Morgan fingerprint density at radius 2 is 1.90 bits per heavy atom. The lowest BCUT2D eigenvalue weighted by molar-refractivity contribution is -0.141. The van der Waals surface area contributed by atoms with Crippen molar-refractivity contribution in [1.82, 2.24) is 5.32 Å². The van der Waals surface area contributed by atoms with Crippen LogP contribution in [0.4, 0.5) is 0 Å². The Kier molecular flexibility index (Phi) is 7.24. The molecule has 0 aromatic heterocycles. The number of carbonyl (C=O) groups excluding carboxylic acids is 2. The number of carbonyl (C=O) groups is 3. The molecule has 1 aromatic rings. The predicted octanol–water partition coefficient (Wildman–Crippen LogP) is 1.38. The first-order valence-electron chi connectivity index (χ1n) is 6.07. The molecule has 0 aliphatic heterocycles. The van der Waals surface area contributed by atoms with Gasteiger partial charge in [-0.15, -0.1) is 11.8 Å². The number of halogens is 1. The second-order valence-electron chi connectivity index (χ2n) is 4.21. The van der Waals surface area contributed by atoms with E-state index in [0.29, 0.717) is 0 Å². The van der Waals surface area contributed by atoms with Gasteiger partial charge < -0.3 is 16.2 Å². The summed E-state index contributed by atoms with van der Waals surface area (Å²) in [5.41, 5.74) is 4.97. The molecule has 8 heteroatoms. The Morgan fingerprint density at radius 1 is 1.29 bits per heavy atom. The van der Waals surface area contributed by atoms with Crippen molar-refractivity contribution in [3.63, 3.8) is 0 Å². The van der Waals surface area contributed by atoms with Gasteiger partial charge in [-0.25, -0.2) is 4.79 Å². The van der Waals surface area contributed by atoms with Gasteiger partial charge in [-0.2, -0.15) is 0 Å². The van der Waals surface area contributed by atoms with Crippen LogP contribution in [0, 0.1) is 0 Å². The van der Waals surface area contributed by atoms with Crippen LogP contribution in [0.3, 0.4) is 0 Å². The predicted molar refractivity (Wildman–Crippen MR) is 82.9 cm³/mol. The maximum atomic E-state index is 11.7. The zero-order chi connectivity index (χ0) is 15.8. The summed E-state index contributed by atoms with van der Waals surface area (Å²) in [6, 6.07) is 6.31. The van der Waals surface area contributed by atoms with Gasteiger partial charge in [0.25, 0.3) is 0 Å². The van der Waals surface area contributed by atoms with E-state index in [9.17, 15) is 14.4 Å². The minimum Gasteiger partial charge on any atom is -0.480 e. The van der Waals surface area contributed by atoms with Gasteiger partial charge in [0.1, 0.15) is 6.04 Å². The number of hydrogen-bond donors (Lipinski definition) is 3. The highest BCUT2D eigenvalue weighted by molar-refractivity contribution is 9.10. The zero-order valence-corrected chi connectivity index (χ0v) is 13.4. The van der Waals surface area contributed by atoms with Crippen molar-refractivity contribution in [2.75, 3.05) is 5.75 Å². The average Bonchev–Trinajstić information content (AvgIpc) is 2.42. The van der Waals surface area contributed by atoms with Crippen LogP contribution in [0.1, 0.15) is 12.8 Å². The van der Waals surface area contributed by atoms with Gasteiger partial charge >= 0.3 is 5.97 Å². The fraction of sp³-hybridized carbons (Fsp3) is 0.308. The van der Waals surface area contributed by atoms with E-state index in [4.69, 9.17) is 10.8 Å². The Labute approximate surface area is 134 Å². The minimum atomic E-state index is -1.18. The molecule has 6 nitrogen and oxygen atoms in total. The maximum Gasteiger partial charge on any atom is 0.326 e. The molecule has 0 saturated heterocycles. The van der Waals surface area contributed by atoms with Crippen LogP contribution in [0.2, 0.25) is 0 Å². The summed E-state index contributed by atoms with van der Waals surface area (Å²) in [6.45, 7) is 0. The number of rotatable bonds is 8. The summed E-state index contributed by atoms with van der Waals surface area (Å²) < 4.78 is 0.939. The molecule has 0 spiro atoms. The van der Waals surface area contributed by atoms with Crippen LogP contribution in [0.5, 0.6) is 0 Å². The molecule has 0 aliphatic carbocycles. The summed E-state index contributed by atoms with van der Waals surface area (Å²) in [6.07, 6.45) is -0.101. The summed E-state index contributed by atoms with van der Waals surface area (Å²) in [5, 5.41) is 11.3. The van der Waals surface area contributed by atoms with Crippen molar-refractivity contribution in [3.8, 4) is 0 Å². The van der Waals surface area contributed by atoms with Gasteiger partial charge in [0.05, 0.1) is 5.75 Å². The van der Waals surface area contributed by atoms with E-state index in [-0.39, 0.29) is 18.6 Å². The number of carboxylic acid groups (broad SMARTS) is 1. The Morgan fingerprint density at radius 3 is 2.43 bits per heavy atom. The van der Waals surface area contributed by atoms with Crippen LogP contribution in [0.25, 0.3) is 0 Å². The lowest BCUT2D eigenvalue weighted by Gasteiger charge is -2.13. The van der Waals surface area contributed by atoms with Crippen molar-refractivity contribution in [2.24, 2.45) is 5.73 Å². The molecule has 0 heterocycles. The molecule has 21 heavy (non-hydrogen) atoms. The number of nitrogens with two attached hydrogens (primary N) is 1. The molecule has 0 unspecified atom stereocenters. The molecule has 2 amide bonds. The highest BCUT2D eigenvalue weighted by Gasteiger charge is 2.20. The first kappa shape index (κ1) is 17.5. The number of aliphatic carboxylic acids is 1. The van der Waals surface area contributed by atoms with Crippen LogP contribution in [-0.2, 0) is 14.4 Å². The number of primary amides is 1. The van der Waals surface area contributed by atoms with Crippen molar-refractivity contribution < 1.29 is 19.5 Å². The van der Waals surface area contributed by atoms with Crippen LogP contribution in [-0.4, -0.2) is 34.7 Å². The number of benzene rings is 1. The third-order valence-electron chi connectivity index (χ3n) is 2.50. The molecule has 0 aliphatic rings. The molecular weight excluding hydrogens is 360 g/mol. The number of hydrogen-bond acceptors (Lipinski definition) is 4. The SMILES string of the molecule is NC(=O)CC[C@H](NC(=O)CSc1ccc(Br)cc1)C(=O)O. The molecular formula is C13H15BrN2O4S. The van der Waals surface area contributed by atoms with Crippen LogP contribution in [0.15, 0.2) is 33.6 Å². The van der Waals surface area contributed by atoms with Gasteiger partial charge in [-0.05, 0) is 30.7 Å². The number of thioether (sulfide) groups is 1. The first-order chi connectivity index (χ1) is 9.88. The smallest absolute Gasteiger partial charge is 0.326 e. The van der Waals surface area contributed by atoms with E-state index in [1.165, 1.54) is 11.8 Å². The molecule has 0 radical (unpaired) electrons. The van der Waals surface area contributed by atoms with Crippen LogP contribution < -0.4 is 11.1 Å². The standard InChI is InChI=1S/C13H15BrN2O4S/c14-8-1-3-9(4-2-8)21-7-12(18)16-10(13(19)20)5-6-11(15)17/h1-4,10H,5-7H2,(H2,15,17)(H,16,18)(H,19,20)/t10-/m0/s1. The number of carboxylic acids is 1. The minimum absolute atomic E-state index is 0.0145. The van der Waals surface area contributed by atoms with Gasteiger partial charge in [0.15, 0.2) is 0 Å². The van der Waals surface area contributed by atoms with E-state index in [1.54, 1.807) is 0 Å². The molecule has 1 aromatic carbocycles. The molecule has 4 N–H and O–H groups in total. The summed E-state index contributed by atoms with van der Waals surface area (Å²) in [7, 11) is 0. The number of nitrogens with one attached hydrogen (secondary N) is 1. The van der Waals surface area contributed by atoms with Gasteiger partial charge in [0.2, 0.25) is 11.8 Å². The average molecular weight is 375 g/mol. The molecule has 0 saturated carbocycles. The van der Waals surface area contributed by atoms with E-state index < -0.39 is 23.8 Å². The monoisotopic (exact) mass is 374 g/mol. The summed E-state index contributed by atoms with van der Waals surface area (Å²) in [4.78, 5) is 34.3. The van der Waals surface area contributed by atoms with Crippen molar-refractivity contribution >= 4 is 45.5 Å². The van der Waals surface area contributed by atoms with Crippen molar-refractivity contribution in [1.29, 1.82) is 0 Å². The molecule has 0 fully saturated rings. The van der Waals surface area contributed by atoms with E-state index in [1.807, 2.05) is 24.3 Å². The van der Waals surface area contributed by atoms with Crippen molar-refractivity contribution in [2.45, 2.75) is 23.8 Å². The van der Waals surface area contributed by atoms with E-state index in [2.05, 4.69) is 21.2 Å². The highest BCUT2D eigenvalue weighted by Crippen LogP contribution is 2.20. The molecule has 114 valence electrons. The third kappa shape index (κ3) is 7.14. The van der Waals surface area contributed by atoms with Gasteiger partial charge in [0, 0.05) is 15.8 Å². The van der Waals surface area contributed by atoms with Gasteiger partial charge in [-0.1, -0.05) is 15.9 Å². The molecule has 0 bridgehead atoms. The normalized spacial score (nSPS) is 11.7. The largest absolute Gasteiger partial charge is 0.480 e. The van der Waals surface area contributed by atoms with E-state index >= 15 is 0 Å². The quantitative estimate of drug-likeness (QED) is 0.595. The topological polar surface area (TPSA) is 109 Å². The first-order valence-corrected chi connectivity index (χ1v) is 7.85. The number of amides is 2. The third-order valence-corrected chi connectivity index (χ3v) is 4.04. The Bertz CT molecular complexity index is 521. The maximum absolute atomic E-state index is 11.7. The second kappa shape index (κ2) is 8.68. The summed E-state index contributed by atoms with van der Waals surface area (Å²) in [5.74, 6) is -2.08.